The molecule has 0 aromatic heterocycles. The first-order chi connectivity index (χ1) is 9.56. The first-order valence-electron chi connectivity index (χ1n) is 6.68. The molecule has 0 spiro atoms. The molecule has 2 unspecified atom stereocenters. The summed E-state index contributed by atoms with van der Waals surface area (Å²) in [7, 11) is 0. The molecular weight excluding hydrogens is 258 g/mol. The SMILES string of the molecule is NC1CCCNC(=O)C(Cc2ccc(O)cc2)NC1=O. The summed E-state index contributed by atoms with van der Waals surface area (Å²) in [5.74, 6) is -0.343. The van der Waals surface area contributed by atoms with Gasteiger partial charge in [-0.15, -0.1) is 0 Å². The highest BCUT2D eigenvalue weighted by molar-refractivity contribution is 5.90. The summed E-state index contributed by atoms with van der Waals surface area (Å²) in [5.41, 5.74) is 6.61. The maximum Gasteiger partial charge on any atom is 0.242 e. The van der Waals surface area contributed by atoms with Crippen LogP contribution in [0.1, 0.15) is 18.4 Å². The van der Waals surface area contributed by atoms with Crippen molar-refractivity contribution in [2.75, 3.05) is 6.54 Å². The lowest BCUT2D eigenvalue weighted by molar-refractivity contribution is -0.129. The Labute approximate surface area is 117 Å². The maximum atomic E-state index is 12.0. The predicted octanol–water partition coefficient (Wildman–Crippen LogP) is -0.343. The molecule has 1 aromatic carbocycles. The van der Waals surface area contributed by atoms with Gasteiger partial charge in [0.05, 0.1) is 6.04 Å². The number of hydrogen-bond donors (Lipinski definition) is 4. The number of carbonyl (C=O) groups is 2. The van der Waals surface area contributed by atoms with E-state index in [1.54, 1.807) is 24.3 Å². The van der Waals surface area contributed by atoms with Crippen molar-refractivity contribution in [3.8, 4) is 5.75 Å². The molecule has 108 valence electrons. The smallest absolute Gasteiger partial charge is 0.242 e. The van der Waals surface area contributed by atoms with Crippen LogP contribution < -0.4 is 16.4 Å². The van der Waals surface area contributed by atoms with Crippen molar-refractivity contribution in [1.82, 2.24) is 10.6 Å². The Balaban J connectivity index is 2.10. The molecule has 0 saturated carbocycles. The number of rotatable bonds is 2. The van der Waals surface area contributed by atoms with E-state index in [4.69, 9.17) is 5.73 Å². The fraction of sp³-hybridized carbons (Fsp3) is 0.429. The van der Waals surface area contributed by atoms with Gasteiger partial charge in [0.2, 0.25) is 11.8 Å². The molecule has 2 amide bonds. The number of benzene rings is 1. The minimum atomic E-state index is -0.642. The third kappa shape index (κ3) is 3.71. The Hall–Kier alpha value is -2.08. The average molecular weight is 277 g/mol. The van der Waals surface area contributed by atoms with Crippen molar-refractivity contribution in [3.63, 3.8) is 0 Å². The monoisotopic (exact) mass is 277 g/mol. The van der Waals surface area contributed by atoms with Crippen LogP contribution in [-0.4, -0.2) is 35.5 Å². The van der Waals surface area contributed by atoms with E-state index >= 15 is 0 Å². The third-order valence-corrected chi connectivity index (χ3v) is 3.34. The summed E-state index contributed by atoms with van der Waals surface area (Å²) < 4.78 is 0. The van der Waals surface area contributed by atoms with Crippen molar-refractivity contribution in [2.24, 2.45) is 5.73 Å². The number of nitrogens with one attached hydrogen (secondary N) is 2. The Morgan fingerprint density at radius 2 is 1.90 bits per heavy atom. The van der Waals surface area contributed by atoms with Crippen LogP contribution in [0.4, 0.5) is 0 Å². The Morgan fingerprint density at radius 3 is 2.60 bits per heavy atom. The van der Waals surface area contributed by atoms with Crippen LogP contribution in [0, 0.1) is 0 Å². The van der Waals surface area contributed by atoms with E-state index in [9.17, 15) is 14.7 Å². The number of nitrogens with two attached hydrogens (primary N) is 1. The zero-order valence-electron chi connectivity index (χ0n) is 11.1. The molecule has 0 bridgehead atoms. The van der Waals surface area contributed by atoms with Crippen LogP contribution in [-0.2, 0) is 16.0 Å². The molecular formula is C14H19N3O3. The summed E-state index contributed by atoms with van der Waals surface area (Å²) in [6.07, 6.45) is 1.61. The molecule has 1 fully saturated rings. The molecule has 0 radical (unpaired) electrons. The van der Waals surface area contributed by atoms with E-state index in [2.05, 4.69) is 10.6 Å². The molecule has 1 heterocycles. The second-order valence-electron chi connectivity index (χ2n) is 4.97. The summed E-state index contributed by atoms with van der Waals surface area (Å²) in [5, 5.41) is 14.7. The van der Waals surface area contributed by atoms with Gasteiger partial charge in [-0.2, -0.15) is 0 Å². The molecule has 1 aliphatic heterocycles. The molecule has 1 saturated heterocycles. The van der Waals surface area contributed by atoms with Gasteiger partial charge in [-0.25, -0.2) is 0 Å². The molecule has 6 nitrogen and oxygen atoms in total. The largest absolute Gasteiger partial charge is 0.508 e. The van der Waals surface area contributed by atoms with Gasteiger partial charge >= 0.3 is 0 Å². The van der Waals surface area contributed by atoms with Gasteiger partial charge in [-0.3, -0.25) is 9.59 Å². The van der Waals surface area contributed by atoms with Crippen molar-refractivity contribution in [1.29, 1.82) is 0 Å². The summed E-state index contributed by atoms with van der Waals surface area (Å²) in [6, 6.07) is 5.33. The van der Waals surface area contributed by atoms with Crippen LogP contribution in [0.15, 0.2) is 24.3 Å². The zero-order chi connectivity index (χ0) is 14.5. The normalized spacial score (nSPS) is 24.1. The summed E-state index contributed by atoms with van der Waals surface area (Å²) in [4.78, 5) is 23.9. The van der Waals surface area contributed by atoms with Crippen LogP contribution in [0.5, 0.6) is 5.75 Å². The van der Waals surface area contributed by atoms with E-state index in [1.807, 2.05) is 0 Å². The number of phenols is 1. The van der Waals surface area contributed by atoms with Gasteiger partial charge in [-0.1, -0.05) is 12.1 Å². The van der Waals surface area contributed by atoms with E-state index in [1.165, 1.54) is 0 Å². The third-order valence-electron chi connectivity index (χ3n) is 3.34. The number of hydrogen-bond acceptors (Lipinski definition) is 4. The van der Waals surface area contributed by atoms with E-state index < -0.39 is 12.1 Å². The van der Waals surface area contributed by atoms with E-state index in [0.29, 0.717) is 25.8 Å². The van der Waals surface area contributed by atoms with Gasteiger partial charge in [-0.05, 0) is 30.5 Å². The Bertz CT molecular complexity index is 487. The van der Waals surface area contributed by atoms with Crippen molar-refractivity contribution >= 4 is 11.8 Å². The van der Waals surface area contributed by atoms with Crippen molar-refractivity contribution in [3.05, 3.63) is 29.8 Å². The first-order valence-corrected chi connectivity index (χ1v) is 6.68. The van der Waals surface area contributed by atoms with Gasteiger partial charge in [0.1, 0.15) is 11.8 Å². The second kappa shape index (κ2) is 6.38. The Kier molecular flexibility index (Phi) is 4.57. The van der Waals surface area contributed by atoms with Crippen LogP contribution in [0.3, 0.4) is 0 Å². The van der Waals surface area contributed by atoms with Crippen molar-refractivity contribution in [2.45, 2.75) is 31.3 Å². The standard InChI is InChI=1S/C14H19N3O3/c15-11-2-1-7-16-14(20)12(17-13(11)19)8-9-3-5-10(18)6-4-9/h3-6,11-12,18H,1-2,7-8,15H2,(H,16,20)(H,17,19). The molecule has 2 atom stereocenters. The van der Waals surface area contributed by atoms with Gasteiger partial charge in [0, 0.05) is 13.0 Å². The minimum Gasteiger partial charge on any atom is -0.508 e. The highest BCUT2D eigenvalue weighted by Crippen LogP contribution is 2.12. The average Bonchev–Trinajstić information content (AvgIpc) is 2.48. The molecule has 6 heteroatoms. The fourth-order valence-corrected chi connectivity index (χ4v) is 2.14. The molecule has 1 aromatic rings. The molecule has 5 N–H and O–H groups in total. The number of carbonyl (C=O) groups excluding carboxylic acids is 2. The lowest BCUT2D eigenvalue weighted by Crippen LogP contribution is -2.51. The molecule has 2 rings (SSSR count). The summed E-state index contributed by atoms with van der Waals surface area (Å²) >= 11 is 0. The van der Waals surface area contributed by atoms with E-state index in [0.717, 1.165) is 5.56 Å². The maximum absolute atomic E-state index is 12.0. The molecule has 0 aliphatic carbocycles. The molecule has 20 heavy (non-hydrogen) atoms. The first kappa shape index (κ1) is 14.3. The highest BCUT2D eigenvalue weighted by Gasteiger charge is 2.25. The summed E-state index contributed by atoms with van der Waals surface area (Å²) in [6.45, 7) is 0.521. The van der Waals surface area contributed by atoms with Crippen LogP contribution >= 0.6 is 0 Å². The zero-order valence-corrected chi connectivity index (χ0v) is 11.1. The predicted molar refractivity (Wildman–Crippen MR) is 74.0 cm³/mol. The highest BCUT2D eigenvalue weighted by atomic mass is 16.3. The lowest BCUT2D eigenvalue weighted by Gasteiger charge is -2.18. The number of aromatic hydroxyl groups is 1. The Morgan fingerprint density at radius 1 is 1.20 bits per heavy atom. The van der Waals surface area contributed by atoms with E-state index in [-0.39, 0.29) is 17.6 Å². The van der Waals surface area contributed by atoms with Gasteiger partial charge < -0.3 is 21.5 Å². The topological polar surface area (TPSA) is 104 Å². The van der Waals surface area contributed by atoms with Crippen LogP contribution in [0.2, 0.25) is 0 Å². The minimum absolute atomic E-state index is 0.165. The van der Waals surface area contributed by atoms with Gasteiger partial charge in [0.15, 0.2) is 0 Å². The molecule has 1 aliphatic rings. The quantitative estimate of drug-likeness (QED) is 0.593. The number of amides is 2. The fourth-order valence-electron chi connectivity index (χ4n) is 2.14. The lowest BCUT2D eigenvalue weighted by atomic mass is 10.0. The van der Waals surface area contributed by atoms with Crippen LogP contribution in [0.25, 0.3) is 0 Å². The number of phenolic OH excluding ortho intramolecular Hbond substituents is 1. The van der Waals surface area contributed by atoms with Gasteiger partial charge in [0.25, 0.3) is 0 Å². The van der Waals surface area contributed by atoms with Crippen molar-refractivity contribution < 1.29 is 14.7 Å². The second-order valence-corrected chi connectivity index (χ2v) is 4.97.